The number of carbonyl (C=O) groups is 5. The minimum atomic E-state index is -1.40. The lowest BCUT2D eigenvalue weighted by Crippen LogP contribution is -2.48. The Labute approximate surface area is 280 Å². The summed E-state index contributed by atoms with van der Waals surface area (Å²) < 4.78 is 0. The highest BCUT2D eigenvalue weighted by Gasteiger charge is 2.69. The van der Waals surface area contributed by atoms with Gasteiger partial charge in [0.25, 0.3) is 0 Å². The first-order chi connectivity index (χ1) is 22.3. The molecule has 47 heavy (non-hydrogen) atoms. The summed E-state index contributed by atoms with van der Waals surface area (Å²) >= 11 is 0. The molecule has 0 aromatic heterocycles. The lowest BCUT2D eigenvalue weighted by atomic mass is 9.84. The predicted molar refractivity (Wildman–Crippen MR) is 181 cm³/mol. The number of benzene rings is 1. The van der Waals surface area contributed by atoms with Gasteiger partial charge in [0, 0.05) is 45.8 Å². The van der Waals surface area contributed by atoms with Crippen LogP contribution in [0.3, 0.4) is 0 Å². The van der Waals surface area contributed by atoms with Gasteiger partial charge in [0.2, 0.25) is 17.7 Å². The molecule has 1 saturated carbocycles. The third-order valence-corrected chi connectivity index (χ3v) is 10.8. The average molecular weight is 650 g/mol. The number of hydrogen-bond donors (Lipinski definition) is 2. The van der Waals surface area contributed by atoms with Crippen molar-refractivity contribution in [3.63, 3.8) is 0 Å². The van der Waals surface area contributed by atoms with E-state index in [1.54, 1.807) is 43.3 Å². The summed E-state index contributed by atoms with van der Waals surface area (Å²) in [5.41, 5.74) is 0.615. The minimum Gasteiger partial charge on any atom is -0.385 e. The van der Waals surface area contributed by atoms with Crippen molar-refractivity contribution in [1.29, 1.82) is 0 Å². The van der Waals surface area contributed by atoms with Crippen molar-refractivity contribution in [3.8, 4) is 0 Å². The molecule has 2 aliphatic heterocycles. The second-order valence-electron chi connectivity index (χ2n) is 14.8. The van der Waals surface area contributed by atoms with E-state index in [1.165, 1.54) is 4.90 Å². The van der Waals surface area contributed by atoms with E-state index in [-0.39, 0.29) is 60.0 Å². The van der Waals surface area contributed by atoms with Gasteiger partial charge in [0.1, 0.15) is 12.1 Å². The maximum absolute atomic E-state index is 14.1. The van der Waals surface area contributed by atoms with Crippen molar-refractivity contribution in [2.45, 2.75) is 110 Å². The Morgan fingerprint density at radius 3 is 2.26 bits per heavy atom. The van der Waals surface area contributed by atoms with E-state index in [1.807, 2.05) is 13.0 Å². The minimum absolute atomic E-state index is 0.0183. The standard InChI is InChI=1S/C38H55N3O6/c1-25-17-13-10-8-6-7-9-11-14-20-27(23-30(43)34-32-28(38(32,2)3)24-41(34)36(25)46)35(45)29(42)21-22-31(44)39-33(37(47)40(4)5)26-18-15-12-16-19-26/h6-7,12,15-16,18-19,25,27-28,32-35,45H,8-11,13-14,17,20-24H2,1-5H3,(H,39,44)/b7-6+/t25-,27+,28-,32-,33-,34+,35?/m0/s1. The first-order valence-electron chi connectivity index (χ1n) is 17.6. The highest BCUT2D eigenvalue weighted by molar-refractivity contribution is 5.93. The second-order valence-corrected chi connectivity index (χ2v) is 14.8. The van der Waals surface area contributed by atoms with Crippen molar-refractivity contribution in [2.24, 2.45) is 29.1 Å². The molecule has 2 N–H and O–H groups in total. The fraction of sp³-hybridized carbons (Fsp3) is 0.658. The molecule has 9 nitrogen and oxygen atoms in total. The topological polar surface area (TPSA) is 124 Å². The van der Waals surface area contributed by atoms with Gasteiger partial charge in [0.15, 0.2) is 11.6 Å². The average Bonchev–Trinajstić information content (AvgIpc) is 3.35. The van der Waals surface area contributed by atoms with Gasteiger partial charge in [-0.15, -0.1) is 0 Å². The van der Waals surface area contributed by atoms with Gasteiger partial charge < -0.3 is 20.2 Å². The van der Waals surface area contributed by atoms with Crippen LogP contribution in [-0.4, -0.2) is 77.0 Å². The molecule has 2 fully saturated rings. The predicted octanol–water partition coefficient (Wildman–Crippen LogP) is 5.03. The number of ketones is 2. The summed E-state index contributed by atoms with van der Waals surface area (Å²) in [4.78, 5) is 70.1. The number of likely N-dealkylation sites (N-methyl/N-ethyl adjacent to an activating group) is 1. The van der Waals surface area contributed by atoms with E-state index >= 15 is 0 Å². The van der Waals surface area contributed by atoms with Crippen LogP contribution in [0.25, 0.3) is 0 Å². The quantitative estimate of drug-likeness (QED) is 0.381. The monoisotopic (exact) mass is 649 g/mol. The van der Waals surface area contributed by atoms with Crippen LogP contribution in [0.1, 0.15) is 103 Å². The van der Waals surface area contributed by atoms with Crippen molar-refractivity contribution in [2.75, 3.05) is 20.6 Å². The molecular weight excluding hydrogens is 594 g/mol. The Balaban J connectivity index is 1.45. The zero-order valence-electron chi connectivity index (χ0n) is 29.0. The molecule has 3 amide bonds. The Morgan fingerprint density at radius 1 is 0.979 bits per heavy atom. The number of amides is 3. The second kappa shape index (κ2) is 16.2. The number of Topliss-reactive ketones (excluding diaryl/α,β-unsaturated/α-hetero) is 2. The summed E-state index contributed by atoms with van der Waals surface area (Å²) in [6.45, 7) is 6.86. The van der Waals surface area contributed by atoms with Crippen LogP contribution in [0.2, 0.25) is 0 Å². The molecule has 0 spiro atoms. The molecular formula is C38H55N3O6. The molecule has 1 aromatic carbocycles. The van der Waals surface area contributed by atoms with E-state index in [0.29, 0.717) is 18.5 Å². The van der Waals surface area contributed by atoms with Gasteiger partial charge in [0.05, 0.1) is 6.04 Å². The highest BCUT2D eigenvalue weighted by Crippen LogP contribution is 2.65. The van der Waals surface area contributed by atoms with Gasteiger partial charge in [-0.1, -0.05) is 76.1 Å². The van der Waals surface area contributed by atoms with E-state index in [2.05, 4.69) is 31.3 Å². The lowest BCUT2D eigenvalue weighted by Gasteiger charge is -2.33. The molecule has 1 unspecified atom stereocenters. The van der Waals surface area contributed by atoms with Crippen LogP contribution in [0.4, 0.5) is 0 Å². The Bertz CT molecular complexity index is 1310. The van der Waals surface area contributed by atoms with Gasteiger partial charge in [-0.3, -0.25) is 24.0 Å². The Kier molecular flexibility index (Phi) is 12.6. The number of aliphatic hydroxyl groups excluding tert-OH is 1. The lowest BCUT2D eigenvalue weighted by molar-refractivity contribution is -0.143. The van der Waals surface area contributed by atoms with E-state index in [0.717, 1.165) is 44.9 Å². The molecule has 1 saturated heterocycles. The fourth-order valence-electron chi connectivity index (χ4n) is 7.73. The number of hydrogen-bond acceptors (Lipinski definition) is 6. The number of nitrogens with zero attached hydrogens (tertiary/aromatic N) is 2. The Morgan fingerprint density at radius 2 is 1.62 bits per heavy atom. The van der Waals surface area contributed by atoms with Gasteiger partial charge in [-0.25, -0.2) is 0 Å². The molecule has 0 radical (unpaired) electrons. The molecule has 3 aliphatic rings. The number of rotatable bonds is 8. The molecule has 258 valence electrons. The number of carbonyl (C=O) groups excluding carboxylic acids is 5. The molecule has 9 heteroatoms. The number of nitrogens with one attached hydrogen (secondary N) is 1. The SMILES string of the molecule is C[C@H]1CCCC/C=C/CCCC[C@@H](C(O)C(=O)CCC(=O)N[C@H](C(=O)N(C)C)c2ccccc2)CC(=O)[C@@H]2[C@@H]3[C@H](CN2C1=O)C3(C)C. The summed E-state index contributed by atoms with van der Waals surface area (Å²) in [7, 11) is 3.23. The normalized spacial score (nSPS) is 28.6. The molecule has 0 bridgehead atoms. The van der Waals surface area contributed by atoms with E-state index < -0.39 is 35.8 Å². The zero-order valence-corrected chi connectivity index (χ0v) is 29.0. The number of piperidine rings is 1. The highest BCUT2D eigenvalue weighted by atomic mass is 16.3. The fourth-order valence-corrected chi connectivity index (χ4v) is 7.73. The number of allylic oxidation sites excluding steroid dienone is 2. The van der Waals surface area contributed by atoms with Crippen LogP contribution >= 0.6 is 0 Å². The first kappa shape index (κ1) is 36.5. The van der Waals surface area contributed by atoms with Gasteiger partial charge >= 0.3 is 0 Å². The number of aliphatic hydroxyl groups is 1. The van der Waals surface area contributed by atoms with Crippen LogP contribution in [0.15, 0.2) is 42.5 Å². The van der Waals surface area contributed by atoms with Crippen molar-refractivity contribution < 1.29 is 29.1 Å². The largest absolute Gasteiger partial charge is 0.385 e. The molecule has 2 heterocycles. The molecule has 7 atom stereocenters. The number of fused-ring (bicyclic) bond motifs is 3. The smallest absolute Gasteiger partial charge is 0.249 e. The molecule has 4 rings (SSSR count). The van der Waals surface area contributed by atoms with Crippen molar-refractivity contribution >= 4 is 29.3 Å². The van der Waals surface area contributed by atoms with Crippen LogP contribution in [0.5, 0.6) is 0 Å². The summed E-state index contributed by atoms with van der Waals surface area (Å²) in [5.74, 6) is -1.67. The Hall–Kier alpha value is -3.33. The van der Waals surface area contributed by atoms with E-state index in [9.17, 15) is 29.1 Å². The van der Waals surface area contributed by atoms with Gasteiger partial charge in [-0.2, -0.15) is 0 Å². The molecule has 1 aliphatic carbocycles. The van der Waals surface area contributed by atoms with Crippen LogP contribution in [-0.2, 0) is 24.0 Å². The molecule has 1 aromatic rings. The summed E-state index contributed by atoms with van der Waals surface area (Å²) in [6, 6.07) is 7.51. The summed E-state index contributed by atoms with van der Waals surface area (Å²) in [6.07, 6.45) is 9.37. The third kappa shape index (κ3) is 8.98. The van der Waals surface area contributed by atoms with Crippen LogP contribution in [0, 0.1) is 29.1 Å². The third-order valence-electron chi connectivity index (χ3n) is 10.8. The van der Waals surface area contributed by atoms with Crippen molar-refractivity contribution in [1.82, 2.24) is 15.1 Å². The van der Waals surface area contributed by atoms with Crippen molar-refractivity contribution in [3.05, 3.63) is 48.0 Å². The first-order valence-corrected chi connectivity index (χ1v) is 17.6. The van der Waals surface area contributed by atoms with Crippen LogP contribution < -0.4 is 5.32 Å². The maximum Gasteiger partial charge on any atom is 0.249 e. The van der Waals surface area contributed by atoms with E-state index in [4.69, 9.17) is 0 Å². The maximum atomic E-state index is 14.1. The zero-order chi connectivity index (χ0) is 34.3. The summed E-state index contributed by atoms with van der Waals surface area (Å²) in [5, 5.41) is 14.1. The van der Waals surface area contributed by atoms with Gasteiger partial charge in [-0.05, 0) is 67.3 Å².